The fraction of sp³-hybridized carbons (Fsp3) is 0.750. The second-order valence-electron chi connectivity index (χ2n) is 3.14. The summed E-state index contributed by atoms with van der Waals surface area (Å²) < 4.78 is 4.48. The normalized spacial score (nSPS) is 10.8. The highest BCUT2D eigenvalue weighted by Gasteiger charge is 2.34. The van der Waals surface area contributed by atoms with Crippen LogP contribution in [0.3, 0.4) is 0 Å². The van der Waals surface area contributed by atoms with Crippen LogP contribution >= 0.6 is 11.6 Å². The van der Waals surface area contributed by atoms with Gasteiger partial charge in [-0.2, -0.15) is 0 Å². The van der Waals surface area contributed by atoms with Crippen molar-refractivity contribution < 1.29 is 14.3 Å². The number of methoxy groups -OCH3 is 1. The number of amides is 1. The minimum absolute atomic E-state index is 0.117. The predicted octanol–water partition coefficient (Wildman–Crippen LogP) is 1.27. The van der Waals surface area contributed by atoms with Gasteiger partial charge in [-0.15, -0.1) is 11.6 Å². The van der Waals surface area contributed by atoms with E-state index in [1.54, 1.807) is 13.8 Å². The molecule has 0 fully saturated rings. The molecule has 0 atom stereocenters. The molecule has 0 radical (unpaired) electrons. The first-order valence-electron chi connectivity index (χ1n) is 3.79. The van der Waals surface area contributed by atoms with Gasteiger partial charge >= 0.3 is 6.09 Å². The topological polar surface area (TPSA) is 46.6 Å². The molecule has 0 rings (SSSR count). The molecule has 5 heteroatoms. The number of halogens is 1. The molecule has 0 aliphatic heterocycles. The summed E-state index contributed by atoms with van der Waals surface area (Å²) in [7, 11) is 2.76. The third-order valence-electron chi connectivity index (χ3n) is 2.09. The highest BCUT2D eigenvalue weighted by molar-refractivity contribution is 6.29. The predicted molar refractivity (Wildman–Crippen MR) is 50.0 cm³/mol. The molecule has 4 nitrogen and oxygen atoms in total. The summed E-state index contributed by atoms with van der Waals surface area (Å²) in [5.41, 5.74) is -0.922. The van der Waals surface area contributed by atoms with E-state index in [1.807, 2.05) is 0 Å². The van der Waals surface area contributed by atoms with Crippen LogP contribution in [0.1, 0.15) is 13.8 Å². The van der Waals surface area contributed by atoms with Crippen molar-refractivity contribution in [2.45, 2.75) is 19.4 Å². The number of carbonyl (C=O) groups is 2. The van der Waals surface area contributed by atoms with Gasteiger partial charge in [0.25, 0.3) is 0 Å². The SMILES string of the molecule is COC(=O)N(C)C(C)(C)C(=O)CCl. The largest absolute Gasteiger partial charge is 0.453 e. The number of rotatable bonds is 3. The number of nitrogens with zero attached hydrogens (tertiary/aromatic N) is 1. The van der Waals surface area contributed by atoms with Crippen LogP contribution in [0.15, 0.2) is 0 Å². The summed E-state index contributed by atoms with van der Waals surface area (Å²) in [5.74, 6) is -0.337. The second-order valence-corrected chi connectivity index (χ2v) is 3.41. The monoisotopic (exact) mass is 207 g/mol. The van der Waals surface area contributed by atoms with Crippen molar-refractivity contribution in [1.82, 2.24) is 4.90 Å². The fourth-order valence-corrected chi connectivity index (χ4v) is 1.04. The Morgan fingerprint density at radius 2 is 1.92 bits per heavy atom. The zero-order valence-corrected chi connectivity index (χ0v) is 9.01. The van der Waals surface area contributed by atoms with E-state index in [1.165, 1.54) is 19.1 Å². The summed E-state index contributed by atoms with van der Waals surface area (Å²) in [4.78, 5) is 23.6. The minimum Gasteiger partial charge on any atom is -0.453 e. The molecule has 13 heavy (non-hydrogen) atoms. The van der Waals surface area contributed by atoms with E-state index in [4.69, 9.17) is 11.6 Å². The number of ketones is 1. The van der Waals surface area contributed by atoms with Crippen molar-refractivity contribution in [3.63, 3.8) is 0 Å². The van der Waals surface area contributed by atoms with Crippen LogP contribution in [0.5, 0.6) is 0 Å². The first kappa shape index (κ1) is 12.2. The molecule has 0 spiro atoms. The Kier molecular flexibility index (Phi) is 4.20. The Labute approximate surface area is 82.8 Å². The maximum Gasteiger partial charge on any atom is 0.410 e. The first-order valence-corrected chi connectivity index (χ1v) is 4.32. The molecule has 0 unspecified atom stereocenters. The molecule has 0 bridgehead atoms. The molecule has 0 heterocycles. The molecular weight excluding hydrogens is 194 g/mol. The molecule has 0 aliphatic carbocycles. The molecule has 0 aliphatic rings. The lowest BCUT2D eigenvalue weighted by Crippen LogP contribution is -2.51. The van der Waals surface area contributed by atoms with Gasteiger partial charge in [-0.25, -0.2) is 4.79 Å². The van der Waals surface area contributed by atoms with Gasteiger partial charge in [-0.1, -0.05) is 0 Å². The maximum atomic E-state index is 11.3. The van der Waals surface area contributed by atoms with Crippen molar-refractivity contribution in [1.29, 1.82) is 0 Å². The zero-order valence-electron chi connectivity index (χ0n) is 8.26. The highest BCUT2D eigenvalue weighted by atomic mass is 35.5. The van der Waals surface area contributed by atoms with Crippen molar-refractivity contribution in [2.75, 3.05) is 20.0 Å². The number of alkyl halides is 1. The Morgan fingerprint density at radius 3 is 2.23 bits per heavy atom. The van der Waals surface area contributed by atoms with E-state index in [-0.39, 0.29) is 11.7 Å². The molecule has 0 saturated heterocycles. The standard InChI is InChI=1S/C8H14ClNO3/c1-8(2,6(11)5-9)10(3)7(12)13-4/h5H2,1-4H3. The van der Waals surface area contributed by atoms with Crippen LogP contribution in [0, 0.1) is 0 Å². The molecule has 0 aromatic carbocycles. The van der Waals surface area contributed by atoms with Crippen molar-refractivity contribution in [3.05, 3.63) is 0 Å². The maximum absolute atomic E-state index is 11.3. The van der Waals surface area contributed by atoms with Gasteiger partial charge in [0.2, 0.25) is 0 Å². The summed E-state index contributed by atoms with van der Waals surface area (Å²) in [6, 6.07) is 0. The van der Waals surface area contributed by atoms with Gasteiger partial charge < -0.3 is 4.74 Å². The number of Topliss-reactive ketones (excluding diaryl/α,β-unsaturated/α-hetero) is 1. The van der Waals surface area contributed by atoms with Crippen molar-refractivity contribution in [2.24, 2.45) is 0 Å². The zero-order chi connectivity index (χ0) is 10.6. The van der Waals surface area contributed by atoms with Gasteiger partial charge in [0.1, 0.15) is 0 Å². The summed E-state index contributed by atoms with van der Waals surface area (Å²) in [6.07, 6.45) is -0.552. The molecule has 0 N–H and O–H groups in total. The van der Waals surface area contributed by atoms with Gasteiger partial charge in [-0.05, 0) is 13.8 Å². The van der Waals surface area contributed by atoms with E-state index in [2.05, 4.69) is 4.74 Å². The third-order valence-corrected chi connectivity index (χ3v) is 2.33. The number of hydrogen-bond donors (Lipinski definition) is 0. The first-order chi connectivity index (χ1) is 5.87. The lowest BCUT2D eigenvalue weighted by atomic mass is 9.99. The van der Waals surface area contributed by atoms with Crippen LogP contribution < -0.4 is 0 Å². The summed E-state index contributed by atoms with van der Waals surface area (Å²) >= 11 is 5.40. The number of likely N-dealkylation sites (N-methyl/N-ethyl adjacent to an activating group) is 1. The van der Waals surface area contributed by atoms with E-state index < -0.39 is 11.6 Å². The third kappa shape index (κ3) is 2.59. The minimum atomic E-state index is -0.922. The Hall–Kier alpha value is -0.770. The van der Waals surface area contributed by atoms with Crippen LogP contribution in [0.25, 0.3) is 0 Å². The van der Waals surface area contributed by atoms with E-state index in [0.29, 0.717) is 0 Å². The highest BCUT2D eigenvalue weighted by Crippen LogP contribution is 2.15. The molecule has 0 aromatic rings. The van der Waals surface area contributed by atoms with E-state index >= 15 is 0 Å². The average molecular weight is 208 g/mol. The van der Waals surface area contributed by atoms with E-state index in [9.17, 15) is 9.59 Å². The molecule has 0 saturated carbocycles. The van der Waals surface area contributed by atoms with Gasteiger partial charge in [-0.3, -0.25) is 9.69 Å². The van der Waals surface area contributed by atoms with Gasteiger partial charge in [0.05, 0.1) is 18.5 Å². The smallest absolute Gasteiger partial charge is 0.410 e. The van der Waals surface area contributed by atoms with Gasteiger partial charge in [0, 0.05) is 7.05 Å². The lowest BCUT2D eigenvalue weighted by Gasteiger charge is -2.32. The number of ether oxygens (including phenoxy) is 1. The van der Waals surface area contributed by atoms with Crippen LogP contribution in [-0.4, -0.2) is 42.4 Å². The van der Waals surface area contributed by atoms with Crippen LogP contribution in [0.2, 0.25) is 0 Å². The molecule has 0 aromatic heterocycles. The number of hydrogen-bond acceptors (Lipinski definition) is 3. The molecular formula is C8H14ClNO3. The Morgan fingerprint density at radius 1 is 1.46 bits per heavy atom. The summed E-state index contributed by atoms with van der Waals surface area (Å²) in [5, 5.41) is 0. The van der Waals surface area contributed by atoms with E-state index in [0.717, 1.165) is 0 Å². The quantitative estimate of drug-likeness (QED) is 0.655. The van der Waals surface area contributed by atoms with Crippen molar-refractivity contribution in [3.8, 4) is 0 Å². The van der Waals surface area contributed by atoms with Crippen LogP contribution in [-0.2, 0) is 9.53 Å². The second kappa shape index (κ2) is 4.46. The summed E-state index contributed by atoms with van der Waals surface area (Å²) in [6.45, 7) is 3.24. The van der Waals surface area contributed by atoms with Gasteiger partial charge in [0.15, 0.2) is 5.78 Å². The Balaban J connectivity index is 4.62. The van der Waals surface area contributed by atoms with Crippen LogP contribution in [0.4, 0.5) is 4.79 Å². The number of carbonyl (C=O) groups excluding carboxylic acids is 2. The molecule has 76 valence electrons. The van der Waals surface area contributed by atoms with Crippen molar-refractivity contribution >= 4 is 23.5 Å². The average Bonchev–Trinajstić information content (AvgIpc) is 2.13. The fourth-order valence-electron chi connectivity index (χ4n) is 0.716. The Bertz CT molecular complexity index is 215. The lowest BCUT2D eigenvalue weighted by molar-refractivity contribution is -0.125. The molecule has 1 amide bonds.